The van der Waals surface area contributed by atoms with Crippen molar-refractivity contribution in [3.05, 3.63) is 57.0 Å². The van der Waals surface area contributed by atoms with E-state index in [-0.39, 0.29) is 32.7 Å². The third-order valence-corrected chi connectivity index (χ3v) is 5.60. The van der Waals surface area contributed by atoms with Crippen molar-refractivity contribution in [3.8, 4) is 12.3 Å². The fourth-order valence-electron chi connectivity index (χ4n) is 2.04. The number of nitrogens with one attached hydrogen (secondary N) is 2. The largest absolute Gasteiger partial charge is 0.452 e. The Bertz CT molecular complexity index is 1060. The van der Waals surface area contributed by atoms with E-state index in [2.05, 4.69) is 16.0 Å². The van der Waals surface area contributed by atoms with Gasteiger partial charge in [-0.15, -0.1) is 6.42 Å². The van der Waals surface area contributed by atoms with Gasteiger partial charge in [0.15, 0.2) is 6.61 Å². The zero-order chi connectivity index (χ0) is 21.6. The van der Waals surface area contributed by atoms with Crippen molar-refractivity contribution < 1.29 is 22.7 Å². The molecule has 0 radical (unpaired) electrons. The van der Waals surface area contributed by atoms with E-state index in [0.717, 1.165) is 0 Å². The maximum absolute atomic E-state index is 12.0. The second-order valence-corrected chi connectivity index (χ2v) is 8.44. The van der Waals surface area contributed by atoms with Gasteiger partial charge in [-0.2, -0.15) is 4.72 Å². The van der Waals surface area contributed by atoms with Gasteiger partial charge < -0.3 is 10.1 Å². The van der Waals surface area contributed by atoms with Crippen LogP contribution in [0.4, 0.5) is 5.69 Å². The molecule has 2 N–H and O–H groups in total. The summed E-state index contributed by atoms with van der Waals surface area (Å²) in [7, 11) is -3.78. The molecule has 1 amide bonds. The maximum Gasteiger partial charge on any atom is 0.338 e. The van der Waals surface area contributed by atoms with Crippen molar-refractivity contribution in [2.45, 2.75) is 4.90 Å². The molecule has 11 heteroatoms. The minimum Gasteiger partial charge on any atom is -0.452 e. The van der Waals surface area contributed by atoms with E-state index in [0.29, 0.717) is 5.02 Å². The first-order valence-electron chi connectivity index (χ1n) is 7.78. The van der Waals surface area contributed by atoms with Crippen molar-refractivity contribution in [1.82, 2.24) is 4.72 Å². The van der Waals surface area contributed by atoms with Crippen LogP contribution in [0.2, 0.25) is 15.1 Å². The number of carbonyl (C=O) groups is 2. The molecule has 0 saturated carbocycles. The number of esters is 1. The lowest BCUT2D eigenvalue weighted by Crippen LogP contribution is -2.24. The molecule has 2 aromatic rings. The number of halogens is 3. The molecule has 0 bridgehead atoms. The summed E-state index contributed by atoms with van der Waals surface area (Å²) in [5.41, 5.74) is 0.184. The van der Waals surface area contributed by atoms with E-state index in [1.54, 1.807) is 0 Å². The molecule has 0 aliphatic heterocycles. The molecule has 7 nitrogen and oxygen atoms in total. The van der Waals surface area contributed by atoms with Crippen molar-refractivity contribution in [2.24, 2.45) is 0 Å². The summed E-state index contributed by atoms with van der Waals surface area (Å²) >= 11 is 17.7. The molecule has 0 aliphatic carbocycles. The maximum atomic E-state index is 12.0. The Morgan fingerprint density at radius 3 is 2.21 bits per heavy atom. The summed E-state index contributed by atoms with van der Waals surface area (Å²) in [6, 6.07) is 7.70. The molecule has 0 fully saturated rings. The number of benzene rings is 2. The fraction of sp³-hybridized carbons (Fsp3) is 0.111. The van der Waals surface area contributed by atoms with E-state index in [9.17, 15) is 18.0 Å². The second-order valence-electron chi connectivity index (χ2n) is 5.42. The quantitative estimate of drug-likeness (QED) is 0.472. The molecular weight excluding hydrogens is 463 g/mol. The summed E-state index contributed by atoms with van der Waals surface area (Å²) in [5, 5.41) is 2.96. The molecule has 2 aromatic carbocycles. The molecule has 0 spiro atoms. The number of hydrogen-bond donors (Lipinski definition) is 2. The van der Waals surface area contributed by atoms with Crippen molar-refractivity contribution >= 4 is 62.4 Å². The smallest absolute Gasteiger partial charge is 0.338 e. The van der Waals surface area contributed by atoms with Gasteiger partial charge in [-0.05, 0) is 36.4 Å². The normalized spacial score (nSPS) is 10.8. The molecule has 0 aromatic heterocycles. The topological polar surface area (TPSA) is 102 Å². The van der Waals surface area contributed by atoms with Crippen LogP contribution in [0.25, 0.3) is 0 Å². The fourth-order valence-corrected chi connectivity index (χ4v) is 3.89. The molecule has 29 heavy (non-hydrogen) atoms. The van der Waals surface area contributed by atoms with Crippen molar-refractivity contribution in [2.75, 3.05) is 18.5 Å². The molecule has 2 rings (SSSR count). The van der Waals surface area contributed by atoms with Gasteiger partial charge in [0.1, 0.15) is 0 Å². The number of ether oxygens (including phenoxy) is 1. The monoisotopic (exact) mass is 474 g/mol. The summed E-state index contributed by atoms with van der Waals surface area (Å²) in [5.74, 6) is 0.649. The van der Waals surface area contributed by atoms with Crippen LogP contribution in [0.5, 0.6) is 0 Å². The standard InChI is InChI=1S/C18H13Cl3N2O5S/c1-2-7-22-29(26,27)13-5-3-11(4-6-13)18(25)28-10-16(24)23-17-14(20)8-12(19)9-15(17)21/h1,3-6,8-9,22H,7,10H2,(H,23,24). The van der Waals surface area contributed by atoms with Crippen LogP contribution in [-0.4, -0.2) is 33.4 Å². The second kappa shape index (κ2) is 9.96. The lowest BCUT2D eigenvalue weighted by Gasteiger charge is -2.10. The average molecular weight is 476 g/mol. The summed E-state index contributed by atoms with van der Waals surface area (Å²) < 4.78 is 31.0. The number of sulfonamides is 1. The average Bonchev–Trinajstić information content (AvgIpc) is 2.67. The molecule has 0 atom stereocenters. The van der Waals surface area contributed by atoms with E-state index in [4.69, 9.17) is 46.0 Å². The van der Waals surface area contributed by atoms with Crippen LogP contribution in [-0.2, 0) is 19.6 Å². The van der Waals surface area contributed by atoms with Crippen molar-refractivity contribution in [3.63, 3.8) is 0 Å². The molecule has 0 saturated heterocycles. The van der Waals surface area contributed by atoms with E-state index >= 15 is 0 Å². The number of hydrogen-bond acceptors (Lipinski definition) is 5. The highest BCUT2D eigenvalue weighted by molar-refractivity contribution is 7.89. The lowest BCUT2D eigenvalue weighted by molar-refractivity contribution is -0.119. The molecule has 0 heterocycles. The van der Waals surface area contributed by atoms with Crippen LogP contribution in [0.3, 0.4) is 0 Å². The van der Waals surface area contributed by atoms with Gasteiger partial charge in [0.05, 0.1) is 32.7 Å². The predicted octanol–water partition coefficient (Wildman–Crippen LogP) is 3.35. The summed E-state index contributed by atoms with van der Waals surface area (Å²) in [6.45, 7) is -0.777. The molecule has 152 valence electrons. The van der Waals surface area contributed by atoms with Gasteiger partial charge in [0, 0.05) is 5.02 Å². The Kier molecular flexibility index (Phi) is 7.90. The van der Waals surface area contributed by atoms with Crippen LogP contribution in [0, 0.1) is 12.3 Å². The first-order chi connectivity index (χ1) is 13.6. The van der Waals surface area contributed by atoms with Gasteiger partial charge in [-0.1, -0.05) is 40.7 Å². The Balaban J connectivity index is 1.97. The SMILES string of the molecule is C#CCNS(=O)(=O)c1ccc(C(=O)OCC(=O)Nc2c(Cl)cc(Cl)cc2Cl)cc1. The highest BCUT2D eigenvalue weighted by Crippen LogP contribution is 2.33. The molecule has 0 unspecified atom stereocenters. The first-order valence-corrected chi connectivity index (χ1v) is 10.4. The first kappa shape index (κ1) is 23.0. The van der Waals surface area contributed by atoms with E-state index in [1.807, 2.05) is 0 Å². The van der Waals surface area contributed by atoms with Crippen LogP contribution >= 0.6 is 34.8 Å². The van der Waals surface area contributed by atoms with Gasteiger partial charge >= 0.3 is 5.97 Å². The Morgan fingerprint density at radius 1 is 1.07 bits per heavy atom. The van der Waals surface area contributed by atoms with E-state index < -0.39 is 28.5 Å². The number of rotatable bonds is 7. The Labute approximate surface area is 182 Å². The van der Waals surface area contributed by atoms with Gasteiger partial charge in [-0.25, -0.2) is 13.2 Å². The third-order valence-electron chi connectivity index (χ3n) is 3.37. The Hall–Kier alpha value is -2.28. The van der Waals surface area contributed by atoms with Gasteiger partial charge in [0.25, 0.3) is 5.91 Å². The number of anilines is 1. The minimum absolute atomic E-state index is 0.0521. The highest BCUT2D eigenvalue weighted by Gasteiger charge is 2.16. The van der Waals surface area contributed by atoms with Crippen LogP contribution in [0.15, 0.2) is 41.3 Å². The van der Waals surface area contributed by atoms with E-state index in [1.165, 1.54) is 36.4 Å². The van der Waals surface area contributed by atoms with Gasteiger partial charge in [0.2, 0.25) is 10.0 Å². The number of terminal acetylenes is 1. The van der Waals surface area contributed by atoms with Crippen molar-refractivity contribution in [1.29, 1.82) is 0 Å². The van der Waals surface area contributed by atoms with Crippen LogP contribution in [0.1, 0.15) is 10.4 Å². The summed E-state index contributed by atoms with van der Waals surface area (Å²) in [6.07, 6.45) is 5.02. The zero-order valence-electron chi connectivity index (χ0n) is 14.5. The number of carbonyl (C=O) groups excluding carboxylic acids is 2. The third kappa shape index (κ3) is 6.35. The highest BCUT2D eigenvalue weighted by atomic mass is 35.5. The number of amides is 1. The summed E-state index contributed by atoms with van der Waals surface area (Å²) in [4.78, 5) is 24.0. The molecule has 0 aliphatic rings. The zero-order valence-corrected chi connectivity index (χ0v) is 17.6. The lowest BCUT2D eigenvalue weighted by atomic mass is 10.2. The minimum atomic E-state index is -3.78. The van der Waals surface area contributed by atoms with Gasteiger partial charge in [-0.3, -0.25) is 4.79 Å². The predicted molar refractivity (Wildman–Crippen MR) is 111 cm³/mol. The Morgan fingerprint density at radius 2 is 1.66 bits per heavy atom. The molecular formula is C18H13Cl3N2O5S. The van der Waals surface area contributed by atoms with Crippen LogP contribution < -0.4 is 10.0 Å².